The first-order valence-electron chi connectivity index (χ1n) is 6.81. The van der Waals surface area contributed by atoms with Crippen LogP contribution in [0.25, 0.3) is 0 Å². The van der Waals surface area contributed by atoms with E-state index in [1.54, 1.807) is 0 Å². The summed E-state index contributed by atoms with van der Waals surface area (Å²) in [5.41, 5.74) is 0. The lowest BCUT2D eigenvalue weighted by Gasteiger charge is -2.03. The van der Waals surface area contributed by atoms with Crippen molar-refractivity contribution in [1.82, 2.24) is 5.32 Å². The minimum Gasteiger partial charge on any atom is -0.481 e. The highest BCUT2D eigenvalue weighted by Gasteiger charge is 1.96. The summed E-state index contributed by atoms with van der Waals surface area (Å²) in [6, 6.07) is 0. The van der Waals surface area contributed by atoms with Crippen molar-refractivity contribution in [3.05, 3.63) is 0 Å². The third-order valence-corrected chi connectivity index (χ3v) is 3.15. The average molecular weight is 291 g/mol. The summed E-state index contributed by atoms with van der Waals surface area (Å²) in [7, 11) is 0. The molecule has 0 spiro atoms. The van der Waals surface area contributed by atoms with E-state index in [4.69, 9.17) is 17.3 Å². The Hall–Kier alpha value is -0.290. The number of hydrogen-bond acceptors (Lipinski definition) is 2. The maximum Gasteiger partial charge on any atom is 0.303 e. The van der Waals surface area contributed by atoms with Crippen LogP contribution in [0.4, 0.5) is 0 Å². The van der Waals surface area contributed by atoms with E-state index in [9.17, 15) is 4.79 Å². The highest BCUT2D eigenvalue weighted by molar-refractivity contribution is 8.11. The maximum atomic E-state index is 10.3. The van der Waals surface area contributed by atoms with Gasteiger partial charge >= 0.3 is 5.97 Å². The van der Waals surface area contributed by atoms with E-state index >= 15 is 0 Å². The molecule has 0 atom stereocenters. The summed E-state index contributed by atoms with van der Waals surface area (Å²) in [4.78, 5) is 10.3. The van der Waals surface area contributed by atoms with Gasteiger partial charge in [0, 0.05) is 13.0 Å². The van der Waals surface area contributed by atoms with E-state index in [0.29, 0.717) is 10.7 Å². The second-order valence-electron chi connectivity index (χ2n) is 4.56. The van der Waals surface area contributed by atoms with Crippen molar-refractivity contribution in [1.29, 1.82) is 0 Å². The zero-order valence-corrected chi connectivity index (χ0v) is 12.7. The SMILES string of the molecule is O=C(O)CCCCCCCCCCCNC(=S)S. The van der Waals surface area contributed by atoms with Crippen molar-refractivity contribution in [3.8, 4) is 0 Å². The van der Waals surface area contributed by atoms with E-state index < -0.39 is 5.97 Å². The van der Waals surface area contributed by atoms with Crippen LogP contribution in [0.5, 0.6) is 0 Å². The molecule has 0 rings (SSSR count). The molecule has 0 aromatic heterocycles. The maximum absolute atomic E-state index is 10.3. The zero-order valence-electron chi connectivity index (χ0n) is 11.0. The Morgan fingerprint density at radius 2 is 1.39 bits per heavy atom. The molecule has 0 radical (unpaired) electrons. The van der Waals surface area contributed by atoms with E-state index in [2.05, 4.69) is 17.9 Å². The predicted molar refractivity (Wildman–Crippen MR) is 83.4 cm³/mol. The van der Waals surface area contributed by atoms with Crippen LogP contribution in [0.15, 0.2) is 0 Å². The lowest BCUT2D eigenvalue weighted by Crippen LogP contribution is -2.17. The first-order valence-corrected chi connectivity index (χ1v) is 7.67. The van der Waals surface area contributed by atoms with E-state index in [-0.39, 0.29) is 0 Å². The molecule has 0 heterocycles. The Labute approximate surface area is 121 Å². The van der Waals surface area contributed by atoms with Crippen LogP contribution in [0, 0.1) is 0 Å². The van der Waals surface area contributed by atoms with Crippen LogP contribution in [0.2, 0.25) is 0 Å². The zero-order chi connectivity index (χ0) is 13.6. The molecule has 18 heavy (non-hydrogen) atoms. The molecule has 106 valence electrons. The largest absolute Gasteiger partial charge is 0.481 e. The van der Waals surface area contributed by atoms with Crippen molar-refractivity contribution >= 4 is 35.1 Å². The van der Waals surface area contributed by atoms with Crippen molar-refractivity contribution in [2.75, 3.05) is 6.54 Å². The van der Waals surface area contributed by atoms with Gasteiger partial charge in [-0.3, -0.25) is 4.79 Å². The fourth-order valence-corrected chi connectivity index (χ4v) is 2.05. The lowest BCUT2D eigenvalue weighted by atomic mass is 10.1. The molecule has 0 bridgehead atoms. The number of thiol groups is 1. The molecule has 0 aliphatic carbocycles. The molecule has 0 saturated heterocycles. The number of carbonyl (C=O) groups is 1. The molecule has 0 fully saturated rings. The number of nitrogens with one attached hydrogen (secondary N) is 1. The average Bonchev–Trinajstić information content (AvgIpc) is 2.29. The van der Waals surface area contributed by atoms with Crippen LogP contribution in [0.3, 0.4) is 0 Å². The molecule has 0 aromatic carbocycles. The standard InChI is InChI=1S/C13H25NO2S2/c15-12(16)10-8-6-4-2-1-3-5-7-9-11-14-13(17)18/h1-11H2,(H,15,16)(H2,14,17,18). The molecule has 3 nitrogen and oxygen atoms in total. The summed E-state index contributed by atoms with van der Waals surface area (Å²) < 4.78 is 0.580. The van der Waals surface area contributed by atoms with Crippen LogP contribution in [0.1, 0.15) is 64.2 Å². The number of carboxylic acid groups (broad SMARTS) is 1. The molecule has 0 saturated carbocycles. The second kappa shape index (κ2) is 13.1. The van der Waals surface area contributed by atoms with Gasteiger partial charge in [0.1, 0.15) is 4.32 Å². The van der Waals surface area contributed by atoms with Gasteiger partial charge in [-0.2, -0.15) is 0 Å². The number of rotatable bonds is 12. The van der Waals surface area contributed by atoms with Gasteiger partial charge in [-0.1, -0.05) is 57.2 Å². The number of carboxylic acids is 1. The second-order valence-corrected chi connectivity index (χ2v) is 5.72. The number of hydrogen-bond donors (Lipinski definition) is 3. The molecule has 0 unspecified atom stereocenters. The smallest absolute Gasteiger partial charge is 0.303 e. The third kappa shape index (κ3) is 15.7. The summed E-state index contributed by atoms with van der Waals surface area (Å²) >= 11 is 8.79. The Balaban J connectivity index is 2.99. The van der Waals surface area contributed by atoms with Gasteiger partial charge in [-0.25, -0.2) is 0 Å². The summed E-state index contributed by atoms with van der Waals surface area (Å²) in [6.45, 7) is 0.928. The Morgan fingerprint density at radius 3 is 1.83 bits per heavy atom. The fraction of sp³-hybridized carbons (Fsp3) is 0.846. The summed E-state index contributed by atoms with van der Waals surface area (Å²) in [5, 5.41) is 11.5. The lowest BCUT2D eigenvalue weighted by molar-refractivity contribution is -0.137. The molecular formula is C13H25NO2S2. The highest BCUT2D eigenvalue weighted by Crippen LogP contribution is 2.10. The van der Waals surface area contributed by atoms with Crippen LogP contribution in [-0.4, -0.2) is 21.9 Å². The van der Waals surface area contributed by atoms with Gasteiger partial charge < -0.3 is 10.4 Å². The predicted octanol–water partition coefficient (Wildman–Crippen LogP) is 3.78. The topological polar surface area (TPSA) is 49.3 Å². The first kappa shape index (κ1) is 17.7. The van der Waals surface area contributed by atoms with Crippen molar-refractivity contribution in [3.63, 3.8) is 0 Å². The molecule has 0 aromatic rings. The Kier molecular flexibility index (Phi) is 12.9. The molecule has 0 aliphatic heterocycles. The fourth-order valence-electron chi connectivity index (χ4n) is 1.83. The Morgan fingerprint density at radius 1 is 0.944 bits per heavy atom. The van der Waals surface area contributed by atoms with E-state index in [1.165, 1.54) is 38.5 Å². The van der Waals surface area contributed by atoms with Gasteiger partial charge in [0.2, 0.25) is 0 Å². The number of thiocarbonyl (C=S) groups is 1. The monoisotopic (exact) mass is 291 g/mol. The molecular weight excluding hydrogens is 266 g/mol. The minimum absolute atomic E-state index is 0.319. The Bertz CT molecular complexity index is 211. The quantitative estimate of drug-likeness (QED) is 0.291. The van der Waals surface area contributed by atoms with Gasteiger partial charge in [0.25, 0.3) is 0 Å². The minimum atomic E-state index is -0.677. The van der Waals surface area contributed by atoms with E-state index in [0.717, 1.165) is 25.8 Å². The summed E-state index contributed by atoms with van der Waals surface area (Å²) in [5.74, 6) is -0.677. The van der Waals surface area contributed by atoms with Gasteiger partial charge in [-0.15, -0.1) is 12.6 Å². The van der Waals surface area contributed by atoms with Crippen molar-refractivity contribution < 1.29 is 9.90 Å². The number of unbranched alkanes of at least 4 members (excludes halogenated alkanes) is 8. The van der Waals surface area contributed by atoms with Gasteiger partial charge in [0.15, 0.2) is 0 Å². The van der Waals surface area contributed by atoms with E-state index in [1.807, 2.05) is 0 Å². The molecule has 0 amide bonds. The molecule has 2 N–H and O–H groups in total. The third-order valence-electron chi connectivity index (χ3n) is 2.84. The van der Waals surface area contributed by atoms with Crippen LogP contribution in [-0.2, 0) is 4.79 Å². The molecule has 5 heteroatoms. The first-order chi connectivity index (χ1) is 8.63. The highest BCUT2D eigenvalue weighted by atomic mass is 32.1. The summed E-state index contributed by atoms with van der Waals surface area (Å²) in [6.07, 6.45) is 10.8. The van der Waals surface area contributed by atoms with Crippen LogP contribution < -0.4 is 5.32 Å². The normalized spacial score (nSPS) is 10.3. The van der Waals surface area contributed by atoms with Gasteiger partial charge in [-0.05, 0) is 12.8 Å². The van der Waals surface area contributed by atoms with Crippen molar-refractivity contribution in [2.24, 2.45) is 0 Å². The van der Waals surface area contributed by atoms with Crippen LogP contribution >= 0.6 is 24.8 Å². The van der Waals surface area contributed by atoms with Crippen molar-refractivity contribution in [2.45, 2.75) is 64.2 Å². The molecule has 0 aliphatic rings. The number of aliphatic carboxylic acids is 1. The van der Waals surface area contributed by atoms with Gasteiger partial charge in [0.05, 0.1) is 0 Å².